The van der Waals surface area contributed by atoms with Crippen LogP contribution < -0.4 is 11.1 Å². The number of nitrogens with zero attached hydrogens (tertiary/aromatic N) is 2. The van der Waals surface area contributed by atoms with Gasteiger partial charge in [0.2, 0.25) is 5.91 Å². The van der Waals surface area contributed by atoms with Gasteiger partial charge >= 0.3 is 6.18 Å². The van der Waals surface area contributed by atoms with Crippen molar-refractivity contribution in [1.82, 2.24) is 9.97 Å². The number of para-hydroxylation sites is 1. The number of rotatable bonds is 4. The van der Waals surface area contributed by atoms with Crippen molar-refractivity contribution in [1.29, 1.82) is 0 Å². The van der Waals surface area contributed by atoms with Crippen molar-refractivity contribution in [3.63, 3.8) is 0 Å². The van der Waals surface area contributed by atoms with Crippen LogP contribution in [-0.2, 0) is 23.8 Å². The number of nitrogen functional groups attached to an aromatic ring is 1. The highest BCUT2D eigenvalue weighted by Crippen LogP contribution is 2.38. The van der Waals surface area contributed by atoms with Gasteiger partial charge in [0.25, 0.3) is 0 Å². The van der Waals surface area contributed by atoms with Gasteiger partial charge in [-0.05, 0) is 43.4 Å². The number of halogens is 3. The standard InChI is InChI=1S/C19H17F3N4OS2/c20-19(21,22)11-6-2-3-7-12(11)24-14(27)9-28-18-25-16(23)15-10-5-1-4-8-13(10)29-17(15)26-18/h2-3,6-7H,1,4-5,8-9H2,(H,24,27)(H2,23,25,26). The quantitative estimate of drug-likeness (QED) is 0.447. The number of amides is 1. The molecule has 0 bridgehead atoms. The molecule has 1 aliphatic rings. The highest BCUT2D eigenvalue weighted by molar-refractivity contribution is 7.99. The van der Waals surface area contributed by atoms with Crippen molar-refractivity contribution in [2.45, 2.75) is 37.0 Å². The Hall–Kier alpha value is -2.33. The van der Waals surface area contributed by atoms with Gasteiger partial charge in [-0.25, -0.2) is 9.97 Å². The Morgan fingerprint density at radius 3 is 2.76 bits per heavy atom. The van der Waals surface area contributed by atoms with Crippen molar-refractivity contribution >= 4 is 50.7 Å². The zero-order valence-corrected chi connectivity index (χ0v) is 16.8. The van der Waals surface area contributed by atoms with Crippen LogP contribution in [0.15, 0.2) is 29.4 Å². The molecule has 0 atom stereocenters. The molecule has 2 heterocycles. The Balaban J connectivity index is 1.48. The molecule has 0 aliphatic heterocycles. The molecule has 0 fully saturated rings. The summed E-state index contributed by atoms with van der Waals surface area (Å²) in [5.41, 5.74) is 6.21. The van der Waals surface area contributed by atoms with E-state index in [2.05, 4.69) is 15.3 Å². The predicted molar refractivity (Wildman–Crippen MR) is 109 cm³/mol. The number of benzene rings is 1. The summed E-state index contributed by atoms with van der Waals surface area (Å²) in [7, 11) is 0. The van der Waals surface area contributed by atoms with E-state index < -0.39 is 17.6 Å². The Kier molecular flexibility index (Phi) is 5.39. The summed E-state index contributed by atoms with van der Waals surface area (Å²) in [5.74, 6) is -0.304. The summed E-state index contributed by atoms with van der Waals surface area (Å²) in [5, 5.41) is 3.56. The molecule has 0 spiro atoms. The summed E-state index contributed by atoms with van der Waals surface area (Å²) in [6.07, 6.45) is -0.295. The summed E-state index contributed by atoms with van der Waals surface area (Å²) >= 11 is 2.65. The number of carbonyl (C=O) groups is 1. The zero-order chi connectivity index (χ0) is 20.6. The number of alkyl halides is 3. The van der Waals surface area contributed by atoms with E-state index in [1.54, 1.807) is 11.3 Å². The second-order valence-corrected chi connectivity index (χ2v) is 8.69. The van der Waals surface area contributed by atoms with Crippen LogP contribution in [-0.4, -0.2) is 21.6 Å². The Bertz CT molecular complexity index is 1080. The third kappa shape index (κ3) is 4.18. The van der Waals surface area contributed by atoms with Gasteiger partial charge in [0.05, 0.1) is 22.4 Å². The molecule has 0 saturated carbocycles. The number of aromatic nitrogens is 2. The topological polar surface area (TPSA) is 80.9 Å². The molecule has 0 radical (unpaired) electrons. The van der Waals surface area contributed by atoms with Gasteiger partial charge in [-0.15, -0.1) is 11.3 Å². The van der Waals surface area contributed by atoms with Crippen molar-refractivity contribution in [2.75, 3.05) is 16.8 Å². The maximum atomic E-state index is 13.1. The normalized spacial score (nSPS) is 14.0. The van der Waals surface area contributed by atoms with E-state index in [9.17, 15) is 18.0 Å². The lowest BCUT2D eigenvalue weighted by Gasteiger charge is -2.13. The van der Waals surface area contributed by atoms with Gasteiger partial charge in [0, 0.05) is 4.88 Å². The fourth-order valence-corrected chi connectivity index (χ4v) is 5.36. The molecule has 1 amide bonds. The number of nitrogens with two attached hydrogens (primary N) is 1. The molecule has 2 aromatic heterocycles. The Morgan fingerprint density at radius 1 is 1.21 bits per heavy atom. The Morgan fingerprint density at radius 2 is 1.97 bits per heavy atom. The summed E-state index contributed by atoms with van der Waals surface area (Å²) in [6, 6.07) is 4.87. The monoisotopic (exact) mass is 438 g/mol. The maximum absolute atomic E-state index is 13.1. The first kappa shape index (κ1) is 20.0. The van der Waals surface area contributed by atoms with E-state index in [1.165, 1.54) is 28.6 Å². The van der Waals surface area contributed by atoms with Crippen molar-refractivity contribution in [2.24, 2.45) is 0 Å². The lowest BCUT2D eigenvalue weighted by Crippen LogP contribution is -2.18. The molecule has 29 heavy (non-hydrogen) atoms. The van der Waals surface area contributed by atoms with E-state index >= 15 is 0 Å². The van der Waals surface area contributed by atoms with E-state index in [4.69, 9.17) is 5.73 Å². The number of fused-ring (bicyclic) bond motifs is 3. The van der Waals surface area contributed by atoms with E-state index in [0.29, 0.717) is 11.0 Å². The molecule has 152 valence electrons. The molecule has 0 saturated heterocycles. The van der Waals surface area contributed by atoms with Crippen molar-refractivity contribution in [3.05, 3.63) is 40.3 Å². The number of carbonyl (C=O) groups excluding carboxylic acids is 1. The third-order valence-electron chi connectivity index (χ3n) is 4.66. The van der Waals surface area contributed by atoms with Crippen LogP contribution in [0.25, 0.3) is 10.2 Å². The summed E-state index contributed by atoms with van der Waals surface area (Å²) in [4.78, 5) is 23.1. The minimum atomic E-state index is -4.54. The number of hydrogen-bond acceptors (Lipinski definition) is 6. The predicted octanol–water partition coefficient (Wildman–Crippen LogP) is 4.90. The second-order valence-electron chi connectivity index (χ2n) is 6.66. The largest absolute Gasteiger partial charge is 0.418 e. The molecule has 0 unspecified atom stereocenters. The van der Waals surface area contributed by atoms with Crippen LogP contribution in [0.4, 0.5) is 24.7 Å². The minimum absolute atomic E-state index is 0.123. The highest BCUT2D eigenvalue weighted by atomic mass is 32.2. The molecule has 10 heteroatoms. The van der Waals surface area contributed by atoms with Gasteiger partial charge < -0.3 is 11.1 Å². The number of thiophene rings is 1. The van der Waals surface area contributed by atoms with E-state index in [0.717, 1.165) is 53.7 Å². The Labute approximate surface area is 172 Å². The zero-order valence-electron chi connectivity index (χ0n) is 15.2. The lowest BCUT2D eigenvalue weighted by molar-refractivity contribution is -0.137. The summed E-state index contributed by atoms with van der Waals surface area (Å²) in [6.45, 7) is 0. The van der Waals surface area contributed by atoms with Crippen molar-refractivity contribution in [3.8, 4) is 0 Å². The first-order valence-electron chi connectivity index (χ1n) is 8.99. The van der Waals surface area contributed by atoms with Crippen LogP contribution >= 0.6 is 23.1 Å². The fourth-order valence-electron chi connectivity index (χ4n) is 3.39. The molecule has 3 N–H and O–H groups in total. The summed E-state index contributed by atoms with van der Waals surface area (Å²) < 4.78 is 39.2. The third-order valence-corrected chi connectivity index (χ3v) is 6.69. The van der Waals surface area contributed by atoms with Crippen LogP contribution in [0.1, 0.15) is 28.8 Å². The number of hydrogen-bond donors (Lipinski definition) is 2. The van der Waals surface area contributed by atoms with Crippen LogP contribution in [0.5, 0.6) is 0 Å². The van der Waals surface area contributed by atoms with Crippen molar-refractivity contribution < 1.29 is 18.0 Å². The van der Waals surface area contributed by atoms with Gasteiger partial charge in [-0.2, -0.15) is 13.2 Å². The van der Waals surface area contributed by atoms with Crippen LogP contribution in [0.2, 0.25) is 0 Å². The molecule has 1 aliphatic carbocycles. The minimum Gasteiger partial charge on any atom is -0.383 e. The number of aryl methyl sites for hydroxylation is 2. The van der Waals surface area contributed by atoms with Crippen LogP contribution in [0.3, 0.4) is 0 Å². The smallest absolute Gasteiger partial charge is 0.383 e. The van der Waals surface area contributed by atoms with Gasteiger partial charge in [0.15, 0.2) is 5.16 Å². The van der Waals surface area contributed by atoms with Gasteiger partial charge in [0.1, 0.15) is 10.6 Å². The molecule has 3 aromatic rings. The van der Waals surface area contributed by atoms with E-state index in [-0.39, 0.29) is 11.4 Å². The fraction of sp³-hybridized carbons (Fsp3) is 0.316. The second kappa shape index (κ2) is 7.83. The maximum Gasteiger partial charge on any atom is 0.418 e. The van der Waals surface area contributed by atoms with E-state index in [1.807, 2.05) is 0 Å². The molecule has 4 rings (SSSR count). The van der Waals surface area contributed by atoms with Gasteiger partial charge in [-0.3, -0.25) is 4.79 Å². The average molecular weight is 439 g/mol. The average Bonchev–Trinajstić information content (AvgIpc) is 3.05. The first-order valence-corrected chi connectivity index (χ1v) is 10.8. The lowest BCUT2D eigenvalue weighted by atomic mass is 9.97. The number of anilines is 2. The van der Waals surface area contributed by atoms with Crippen LogP contribution in [0, 0.1) is 0 Å². The first-order chi connectivity index (χ1) is 13.8. The SMILES string of the molecule is Nc1nc(SCC(=O)Nc2ccccc2C(F)(F)F)nc2sc3c(c12)CCCC3. The van der Waals surface area contributed by atoms with Gasteiger partial charge in [-0.1, -0.05) is 23.9 Å². The molecular weight excluding hydrogens is 421 g/mol. The highest BCUT2D eigenvalue weighted by Gasteiger charge is 2.33. The number of nitrogens with one attached hydrogen (secondary N) is 1. The molecule has 5 nitrogen and oxygen atoms in total. The molecular formula is C19H17F3N4OS2. The number of thioether (sulfide) groups is 1. The molecule has 1 aromatic carbocycles.